The van der Waals surface area contributed by atoms with E-state index < -0.39 is 0 Å². The predicted octanol–water partition coefficient (Wildman–Crippen LogP) is 6.08. The number of hydrogen-bond acceptors (Lipinski definition) is 5. The van der Waals surface area contributed by atoms with Crippen LogP contribution in [-0.2, 0) is 5.75 Å². The van der Waals surface area contributed by atoms with Crippen molar-refractivity contribution in [3.8, 4) is 16.6 Å². The van der Waals surface area contributed by atoms with Crippen LogP contribution < -0.4 is 0 Å². The van der Waals surface area contributed by atoms with Crippen molar-refractivity contribution >= 4 is 39.8 Å². The van der Waals surface area contributed by atoms with Crippen molar-refractivity contribution in [3.05, 3.63) is 82.9 Å². The van der Waals surface area contributed by atoms with Gasteiger partial charge in [-0.2, -0.15) is 5.26 Å². The highest BCUT2D eigenvalue weighted by Crippen LogP contribution is 2.32. The number of nitrogens with zero attached hydrogens (tertiary/aromatic N) is 4. The second-order valence-electron chi connectivity index (χ2n) is 6.71. The molecule has 6 heteroatoms. The van der Waals surface area contributed by atoms with Crippen molar-refractivity contribution in [1.82, 2.24) is 14.4 Å². The first kappa shape index (κ1) is 17.9. The highest BCUT2D eigenvalue weighted by atomic mass is 32.2. The number of thioether (sulfide) groups is 1. The molecule has 0 aliphatic carbocycles. The Bertz CT molecular complexity index is 1380. The summed E-state index contributed by atoms with van der Waals surface area (Å²) in [4.78, 5) is 9.52. The zero-order chi connectivity index (χ0) is 19.8. The van der Waals surface area contributed by atoms with Crippen molar-refractivity contribution in [3.63, 3.8) is 0 Å². The van der Waals surface area contributed by atoms with E-state index in [1.54, 1.807) is 23.1 Å². The normalized spacial score (nSPS) is 11.2. The minimum Gasteiger partial charge on any atom is -0.286 e. The Balaban J connectivity index is 1.53. The highest BCUT2D eigenvalue weighted by Gasteiger charge is 2.16. The number of benzene rings is 2. The molecule has 0 saturated carbocycles. The zero-order valence-corrected chi connectivity index (χ0v) is 17.3. The first-order chi connectivity index (χ1) is 14.2. The number of imidazole rings is 1. The third-order valence-electron chi connectivity index (χ3n) is 4.79. The van der Waals surface area contributed by atoms with Crippen LogP contribution in [0, 0.1) is 18.3 Å². The minimum atomic E-state index is 0.630. The molecule has 0 radical (unpaired) electrons. The van der Waals surface area contributed by atoms with E-state index in [-0.39, 0.29) is 0 Å². The van der Waals surface area contributed by atoms with Gasteiger partial charge < -0.3 is 0 Å². The topological polar surface area (TPSA) is 54.0 Å². The highest BCUT2D eigenvalue weighted by molar-refractivity contribution is 7.98. The lowest BCUT2D eigenvalue weighted by atomic mass is 10.2. The number of para-hydroxylation sites is 2. The molecule has 0 spiro atoms. The average molecular weight is 413 g/mol. The first-order valence-electron chi connectivity index (χ1n) is 9.18. The third-order valence-corrected chi connectivity index (χ3v) is 6.77. The van der Waals surface area contributed by atoms with Crippen LogP contribution in [0.5, 0.6) is 0 Å². The van der Waals surface area contributed by atoms with Gasteiger partial charge in [0.25, 0.3) is 0 Å². The molecule has 5 aromatic rings. The molecular formula is C23H16N4S2. The fourth-order valence-corrected chi connectivity index (χ4v) is 5.34. The number of aromatic nitrogens is 3. The van der Waals surface area contributed by atoms with Crippen molar-refractivity contribution in [2.75, 3.05) is 0 Å². The summed E-state index contributed by atoms with van der Waals surface area (Å²) in [6.07, 6.45) is 0. The lowest BCUT2D eigenvalue weighted by molar-refractivity contribution is 1.04. The second kappa shape index (κ2) is 7.36. The first-order valence-corrected chi connectivity index (χ1v) is 11.0. The monoisotopic (exact) mass is 412 g/mol. The van der Waals surface area contributed by atoms with E-state index in [1.807, 2.05) is 49.4 Å². The molecule has 3 aromatic heterocycles. The molecular weight excluding hydrogens is 396 g/mol. The molecule has 140 valence electrons. The Morgan fingerprint density at radius 2 is 1.86 bits per heavy atom. The van der Waals surface area contributed by atoms with Crippen LogP contribution in [0.1, 0.15) is 16.8 Å². The van der Waals surface area contributed by atoms with E-state index in [1.165, 1.54) is 0 Å². The number of rotatable bonds is 4. The Hall–Kier alpha value is -3.14. The maximum absolute atomic E-state index is 9.63. The summed E-state index contributed by atoms with van der Waals surface area (Å²) in [5, 5.41) is 13.9. The van der Waals surface area contributed by atoms with E-state index in [4.69, 9.17) is 9.97 Å². The van der Waals surface area contributed by atoms with E-state index in [0.29, 0.717) is 5.56 Å². The Kier molecular flexibility index (Phi) is 4.55. The SMILES string of the molecule is Cc1cc(SCc2csc(-c3ccccc3)n2)n2c(nc3ccccc32)c1C#N. The van der Waals surface area contributed by atoms with Gasteiger partial charge in [-0.3, -0.25) is 4.40 Å². The largest absolute Gasteiger partial charge is 0.286 e. The molecule has 0 amide bonds. The number of fused-ring (bicyclic) bond motifs is 3. The number of hydrogen-bond donors (Lipinski definition) is 0. The minimum absolute atomic E-state index is 0.630. The molecule has 29 heavy (non-hydrogen) atoms. The molecule has 0 saturated heterocycles. The summed E-state index contributed by atoms with van der Waals surface area (Å²) < 4.78 is 2.09. The standard InChI is InChI=1S/C23H16N4S2/c1-15-11-21(27-20-10-6-5-9-19(20)26-22(27)18(15)12-24)28-13-17-14-29-23(25-17)16-7-3-2-4-8-16/h2-11,14H,13H2,1H3. The summed E-state index contributed by atoms with van der Waals surface area (Å²) in [6.45, 7) is 1.97. The summed E-state index contributed by atoms with van der Waals surface area (Å²) in [7, 11) is 0. The zero-order valence-electron chi connectivity index (χ0n) is 15.7. The van der Waals surface area contributed by atoms with Gasteiger partial charge in [-0.15, -0.1) is 23.1 Å². The fourth-order valence-electron chi connectivity index (χ4n) is 3.39. The van der Waals surface area contributed by atoms with Gasteiger partial charge in [0, 0.05) is 16.7 Å². The van der Waals surface area contributed by atoms with Gasteiger partial charge in [0.15, 0.2) is 5.65 Å². The smallest absolute Gasteiger partial charge is 0.157 e. The van der Waals surface area contributed by atoms with Crippen LogP contribution in [0.25, 0.3) is 27.3 Å². The number of aryl methyl sites for hydroxylation is 1. The van der Waals surface area contributed by atoms with Gasteiger partial charge in [-0.05, 0) is 30.7 Å². The Morgan fingerprint density at radius 1 is 1.07 bits per heavy atom. The second-order valence-corrected chi connectivity index (χ2v) is 8.56. The van der Waals surface area contributed by atoms with Crippen LogP contribution in [0.15, 0.2) is 71.1 Å². The number of thiazole rings is 1. The van der Waals surface area contributed by atoms with Crippen molar-refractivity contribution in [1.29, 1.82) is 5.26 Å². The van der Waals surface area contributed by atoms with Gasteiger partial charge >= 0.3 is 0 Å². The lowest BCUT2D eigenvalue weighted by Gasteiger charge is -2.09. The quantitative estimate of drug-likeness (QED) is 0.336. The Labute approximate surface area is 176 Å². The molecule has 2 aromatic carbocycles. The molecule has 0 N–H and O–H groups in total. The number of pyridine rings is 1. The Morgan fingerprint density at radius 3 is 2.69 bits per heavy atom. The molecule has 0 aliphatic heterocycles. The molecule has 4 nitrogen and oxygen atoms in total. The van der Waals surface area contributed by atoms with E-state index in [2.05, 4.69) is 34.0 Å². The van der Waals surface area contributed by atoms with Crippen molar-refractivity contribution in [2.24, 2.45) is 0 Å². The maximum atomic E-state index is 9.63. The van der Waals surface area contributed by atoms with Gasteiger partial charge in [0.1, 0.15) is 11.1 Å². The summed E-state index contributed by atoms with van der Waals surface area (Å²) >= 11 is 3.39. The van der Waals surface area contributed by atoms with Crippen LogP contribution in [-0.4, -0.2) is 14.4 Å². The van der Waals surface area contributed by atoms with Crippen LogP contribution in [0.4, 0.5) is 0 Å². The van der Waals surface area contributed by atoms with Crippen LogP contribution >= 0.6 is 23.1 Å². The maximum Gasteiger partial charge on any atom is 0.157 e. The third kappa shape index (κ3) is 3.19. The predicted molar refractivity (Wildman–Crippen MR) is 119 cm³/mol. The molecule has 0 aliphatic rings. The molecule has 3 heterocycles. The molecule has 5 rings (SSSR count). The van der Waals surface area contributed by atoms with Crippen LogP contribution in [0.2, 0.25) is 0 Å². The van der Waals surface area contributed by atoms with Gasteiger partial charge in [0.05, 0.1) is 27.3 Å². The summed E-state index contributed by atoms with van der Waals surface area (Å²) in [6, 6.07) is 22.7. The lowest BCUT2D eigenvalue weighted by Crippen LogP contribution is -1.97. The van der Waals surface area contributed by atoms with Gasteiger partial charge in [0.2, 0.25) is 0 Å². The molecule has 0 bridgehead atoms. The van der Waals surface area contributed by atoms with Crippen molar-refractivity contribution in [2.45, 2.75) is 17.7 Å². The van der Waals surface area contributed by atoms with E-state index >= 15 is 0 Å². The van der Waals surface area contributed by atoms with Gasteiger partial charge in [-0.1, -0.05) is 42.5 Å². The van der Waals surface area contributed by atoms with E-state index in [0.717, 1.165) is 49.3 Å². The van der Waals surface area contributed by atoms with Crippen LogP contribution in [0.3, 0.4) is 0 Å². The summed E-state index contributed by atoms with van der Waals surface area (Å²) in [5.41, 5.74) is 6.41. The van der Waals surface area contributed by atoms with Gasteiger partial charge in [-0.25, -0.2) is 9.97 Å². The van der Waals surface area contributed by atoms with E-state index in [9.17, 15) is 5.26 Å². The molecule has 0 atom stereocenters. The molecule has 0 fully saturated rings. The molecule has 0 unspecified atom stereocenters. The van der Waals surface area contributed by atoms with Crippen molar-refractivity contribution < 1.29 is 0 Å². The fraction of sp³-hybridized carbons (Fsp3) is 0.0870. The summed E-state index contributed by atoms with van der Waals surface area (Å²) in [5.74, 6) is 0.760. The average Bonchev–Trinajstić information content (AvgIpc) is 3.38. The number of nitriles is 1.